The van der Waals surface area contributed by atoms with Gasteiger partial charge in [-0.25, -0.2) is 8.78 Å². The first-order chi connectivity index (χ1) is 48.9. The van der Waals surface area contributed by atoms with Crippen LogP contribution in [0.25, 0.3) is 43.6 Å². The molecule has 0 aliphatic carbocycles. The van der Waals surface area contributed by atoms with Crippen molar-refractivity contribution in [3.05, 3.63) is 282 Å². The first-order valence-electron chi connectivity index (χ1n) is 34.1. The van der Waals surface area contributed by atoms with Gasteiger partial charge >= 0.3 is 12.4 Å². The van der Waals surface area contributed by atoms with E-state index < -0.39 is 23.5 Å². The Morgan fingerprint density at radius 1 is 0.304 bits per heavy atom. The molecular formula is C86H76F8N8. The van der Waals surface area contributed by atoms with Gasteiger partial charge < -0.3 is 19.6 Å². The number of fused-ring (bicyclic) bond motifs is 12. The van der Waals surface area contributed by atoms with E-state index in [2.05, 4.69) is 193 Å². The molecule has 16 heteroatoms. The Morgan fingerprint density at radius 2 is 0.608 bits per heavy atom. The van der Waals surface area contributed by atoms with Crippen molar-refractivity contribution < 1.29 is 35.1 Å². The van der Waals surface area contributed by atoms with Crippen LogP contribution in [0.5, 0.6) is 0 Å². The van der Waals surface area contributed by atoms with E-state index in [0.29, 0.717) is 16.7 Å². The average Bonchev–Trinajstić information content (AvgIpc) is 1.63. The predicted molar refractivity (Wildman–Crippen MR) is 392 cm³/mol. The number of nitrogens with zero attached hydrogens (tertiary/aromatic N) is 8. The van der Waals surface area contributed by atoms with Crippen molar-refractivity contribution in [1.82, 2.24) is 37.9 Å². The van der Waals surface area contributed by atoms with Crippen molar-refractivity contribution in [2.45, 2.75) is 91.9 Å². The summed E-state index contributed by atoms with van der Waals surface area (Å²) in [5.74, 6) is 11.8. The van der Waals surface area contributed by atoms with E-state index >= 15 is 0 Å². The molecule has 0 unspecified atom stereocenters. The SMILES string of the molecule is Cc1ccc2c(c1)c1c(n2C#Cc2ccc(C(F)(F)F)cc2)CCN(C)C1.Cc1ccc2c(c1)c1c(n2C#Cc2ccc(F)cc2)CCN(C)C1.Cc1ccc2c(c1)c1c(n2C#Cc2cccc(C(F)(F)F)c2)CCN(C)C1.Cc1ccc2c(c1)c1c(n2C#Cc2cccc(F)c2)CCN(C)C1. The molecule has 0 atom stereocenters. The summed E-state index contributed by atoms with van der Waals surface area (Å²) in [6.45, 7) is 16.0. The monoisotopic (exact) mass is 1370 g/mol. The van der Waals surface area contributed by atoms with Crippen LogP contribution >= 0.6 is 0 Å². The highest BCUT2D eigenvalue weighted by Crippen LogP contribution is 2.37. The van der Waals surface area contributed by atoms with Crippen LogP contribution in [0, 0.1) is 87.2 Å². The maximum atomic E-state index is 13.4. The maximum Gasteiger partial charge on any atom is 0.416 e. The topological polar surface area (TPSA) is 32.7 Å². The van der Waals surface area contributed by atoms with Crippen LogP contribution in [-0.2, 0) is 64.2 Å². The Bertz CT molecular complexity index is 5460. The molecule has 4 aliphatic rings. The molecule has 12 aromatic rings. The van der Waals surface area contributed by atoms with E-state index in [-0.39, 0.29) is 11.6 Å². The molecule has 8 heterocycles. The van der Waals surface area contributed by atoms with Crippen molar-refractivity contribution >= 4 is 43.6 Å². The van der Waals surface area contributed by atoms with Crippen molar-refractivity contribution in [3.63, 3.8) is 0 Å². The summed E-state index contributed by atoms with van der Waals surface area (Å²) < 4.78 is 112. The molecule has 0 spiro atoms. The van der Waals surface area contributed by atoms with Gasteiger partial charge in [0.25, 0.3) is 0 Å². The van der Waals surface area contributed by atoms with Gasteiger partial charge in [-0.05, 0) is 235 Å². The molecule has 4 aliphatic heterocycles. The van der Waals surface area contributed by atoms with Gasteiger partial charge in [0.2, 0.25) is 0 Å². The minimum absolute atomic E-state index is 0.233. The van der Waals surface area contributed by atoms with Crippen LogP contribution < -0.4 is 0 Å². The van der Waals surface area contributed by atoms with E-state index in [0.717, 1.165) is 136 Å². The molecule has 0 N–H and O–H groups in total. The highest BCUT2D eigenvalue weighted by molar-refractivity contribution is 5.90. The maximum absolute atomic E-state index is 13.4. The molecule has 516 valence electrons. The van der Waals surface area contributed by atoms with E-state index in [1.807, 2.05) is 27.3 Å². The van der Waals surface area contributed by atoms with Crippen molar-refractivity contribution in [2.75, 3.05) is 54.4 Å². The smallest absolute Gasteiger partial charge is 0.302 e. The summed E-state index contributed by atoms with van der Waals surface area (Å²) in [5, 5.41) is 4.96. The van der Waals surface area contributed by atoms with E-state index in [1.165, 1.54) is 126 Å². The lowest BCUT2D eigenvalue weighted by Crippen LogP contribution is -2.27. The van der Waals surface area contributed by atoms with Gasteiger partial charge in [-0.2, -0.15) is 26.3 Å². The number of rotatable bonds is 0. The normalized spacial score (nSPS) is 14.5. The molecule has 0 saturated heterocycles. The molecule has 4 aromatic heterocycles. The molecular weight excluding hydrogens is 1300 g/mol. The molecule has 0 bridgehead atoms. The lowest BCUT2D eigenvalue weighted by molar-refractivity contribution is -0.138. The Morgan fingerprint density at radius 3 is 0.931 bits per heavy atom. The zero-order valence-corrected chi connectivity index (χ0v) is 58.3. The van der Waals surface area contributed by atoms with Gasteiger partial charge in [0.15, 0.2) is 0 Å². The number of hydrogen-bond acceptors (Lipinski definition) is 4. The fraction of sp³-hybridized carbons (Fsp3) is 0.256. The van der Waals surface area contributed by atoms with Crippen molar-refractivity contribution in [2.24, 2.45) is 0 Å². The lowest BCUT2D eigenvalue weighted by Gasteiger charge is -2.23. The standard InChI is InChI=1S/2C22H19F3N2.2C21H19FN2/c1-15-3-8-20-18(13-15)19-14-26(2)11-10-21(19)27(20)12-9-16-4-6-17(7-5-16)22(23,24)25;1-15-6-7-20-18(12-15)19-14-26(2)10-9-21(19)27(20)11-8-16-4-3-5-17(13-16)22(23,24)25;1-15-3-8-20-18(13-15)19-14-23(2)11-10-21(19)24(20)12-9-16-4-6-17(22)7-5-16;1-15-6-7-20-18(12-15)19-14-23(2)10-9-21(19)24(20)11-8-16-4-3-5-17(22)13-16/h3-8,13H,10-11,14H2,1-2H3;3-7,12-13H,9-10,14H2,1-2H3;3-8,13H,10-11,14H2,1-2H3;3-7,12-13H,9-10,14H2,1-2H3. The Kier molecular flexibility index (Phi) is 20.0. The number of benzene rings is 8. The summed E-state index contributed by atoms with van der Waals surface area (Å²) >= 11 is 0. The van der Waals surface area contributed by atoms with Crippen LogP contribution in [0.1, 0.15) is 101 Å². The van der Waals surface area contributed by atoms with Gasteiger partial charge in [-0.1, -0.05) is 58.7 Å². The van der Waals surface area contributed by atoms with Gasteiger partial charge in [-0.15, -0.1) is 0 Å². The quantitative estimate of drug-likeness (QED) is 0.112. The van der Waals surface area contributed by atoms with Crippen LogP contribution in [0.15, 0.2) is 170 Å². The zero-order chi connectivity index (χ0) is 71.7. The van der Waals surface area contributed by atoms with Gasteiger partial charge in [0, 0.05) is 169 Å². The van der Waals surface area contributed by atoms with E-state index in [1.54, 1.807) is 24.3 Å². The summed E-state index contributed by atoms with van der Waals surface area (Å²) in [6, 6.07) is 61.4. The van der Waals surface area contributed by atoms with Crippen LogP contribution in [-0.4, -0.2) is 92.2 Å². The fourth-order valence-electron chi connectivity index (χ4n) is 14.0. The average molecular weight is 1370 g/mol. The minimum atomic E-state index is -4.36. The fourth-order valence-corrected chi connectivity index (χ4v) is 14.0. The lowest BCUT2D eigenvalue weighted by atomic mass is 10.0. The van der Waals surface area contributed by atoms with Gasteiger partial charge in [0.05, 0.1) is 33.2 Å². The summed E-state index contributed by atoms with van der Waals surface area (Å²) in [5.41, 5.74) is 20.7. The van der Waals surface area contributed by atoms with Crippen molar-refractivity contribution in [3.8, 4) is 47.9 Å². The highest BCUT2D eigenvalue weighted by Gasteiger charge is 2.32. The molecule has 8 aromatic carbocycles. The first-order valence-corrected chi connectivity index (χ1v) is 34.1. The van der Waals surface area contributed by atoms with Crippen LogP contribution in [0.4, 0.5) is 35.1 Å². The van der Waals surface area contributed by atoms with Crippen LogP contribution in [0.2, 0.25) is 0 Å². The summed E-state index contributed by atoms with van der Waals surface area (Å²) in [4.78, 5) is 9.25. The molecule has 0 amide bonds. The van der Waals surface area contributed by atoms with Gasteiger partial charge in [-0.3, -0.25) is 18.3 Å². The molecule has 0 saturated carbocycles. The predicted octanol–water partition coefficient (Wildman–Crippen LogP) is 17.5. The second kappa shape index (κ2) is 29.2. The third-order valence-corrected chi connectivity index (χ3v) is 19.3. The Balaban J connectivity index is 0.000000122. The minimum Gasteiger partial charge on any atom is -0.302 e. The number of halogens is 8. The highest BCUT2D eigenvalue weighted by atomic mass is 19.4. The Hall–Kier alpha value is -10.6. The van der Waals surface area contributed by atoms with E-state index in [9.17, 15) is 35.1 Å². The summed E-state index contributed by atoms with van der Waals surface area (Å²) in [7, 11) is 8.51. The number of hydrogen-bond donors (Lipinski definition) is 0. The number of alkyl halides is 6. The largest absolute Gasteiger partial charge is 0.416 e. The molecule has 0 radical (unpaired) electrons. The second-order valence-corrected chi connectivity index (χ2v) is 27.2. The second-order valence-electron chi connectivity index (χ2n) is 27.2. The number of aromatic nitrogens is 4. The Labute approximate surface area is 590 Å². The van der Waals surface area contributed by atoms with Gasteiger partial charge in [0.1, 0.15) is 11.6 Å². The van der Waals surface area contributed by atoms with Crippen LogP contribution in [0.3, 0.4) is 0 Å². The van der Waals surface area contributed by atoms with E-state index in [4.69, 9.17) is 0 Å². The molecule has 16 rings (SSSR count). The molecule has 0 fully saturated rings. The number of likely N-dealkylation sites (N-methyl/N-ethyl adjacent to an activating group) is 4. The van der Waals surface area contributed by atoms with Crippen molar-refractivity contribution in [1.29, 1.82) is 0 Å². The summed E-state index contributed by atoms with van der Waals surface area (Å²) in [6.07, 6.45) is -4.93. The third kappa shape index (κ3) is 15.4. The zero-order valence-electron chi connectivity index (χ0n) is 58.3. The molecule has 8 nitrogen and oxygen atoms in total. The molecule has 102 heavy (non-hydrogen) atoms. The number of aryl methyl sites for hydroxylation is 4. The first kappa shape index (κ1) is 69.9. The third-order valence-electron chi connectivity index (χ3n) is 19.3.